The van der Waals surface area contributed by atoms with Crippen LogP contribution in [0.2, 0.25) is 0 Å². The van der Waals surface area contributed by atoms with Crippen LogP contribution < -0.4 is 10.1 Å². The summed E-state index contributed by atoms with van der Waals surface area (Å²) < 4.78 is 5.15. The maximum Gasteiger partial charge on any atom is 0.136 e. The van der Waals surface area contributed by atoms with Crippen LogP contribution in [0, 0.1) is 23.2 Å². The summed E-state index contributed by atoms with van der Waals surface area (Å²) in [7, 11) is 1.59. The lowest BCUT2D eigenvalue weighted by Gasteiger charge is -2.16. The summed E-state index contributed by atoms with van der Waals surface area (Å²) in [6, 6.07) is 7.97. The van der Waals surface area contributed by atoms with Crippen LogP contribution in [0.3, 0.4) is 0 Å². The maximum absolute atomic E-state index is 9.06. The van der Waals surface area contributed by atoms with E-state index in [2.05, 4.69) is 18.3 Å². The van der Waals surface area contributed by atoms with Gasteiger partial charge in [0.15, 0.2) is 0 Å². The van der Waals surface area contributed by atoms with Crippen molar-refractivity contribution < 1.29 is 4.74 Å². The first kappa shape index (κ1) is 13.9. The average Bonchev–Trinajstić information content (AvgIpc) is 2.84. The molecule has 3 nitrogen and oxygen atoms in total. The van der Waals surface area contributed by atoms with Crippen molar-refractivity contribution in [1.29, 1.82) is 5.26 Å². The number of rotatable bonds is 5. The van der Waals surface area contributed by atoms with Gasteiger partial charge >= 0.3 is 0 Å². The Morgan fingerprint density at radius 3 is 2.89 bits per heavy atom. The fourth-order valence-electron chi connectivity index (χ4n) is 2.88. The van der Waals surface area contributed by atoms with E-state index in [4.69, 9.17) is 10.00 Å². The topological polar surface area (TPSA) is 45.0 Å². The van der Waals surface area contributed by atoms with Gasteiger partial charge in [0.2, 0.25) is 0 Å². The molecule has 0 heterocycles. The predicted molar refractivity (Wildman–Crippen MR) is 75.9 cm³/mol. The molecule has 1 saturated carbocycles. The number of hydrogen-bond donors (Lipinski definition) is 1. The van der Waals surface area contributed by atoms with Gasteiger partial charge in [-0.3, -0.25) is 0 Å². The second-order valence-electron chi connectivity index (χ2n) is 5.45. The highest BCUT2D eigenvalue weighted by atomic mass is 16.5. The van der Waals surface area contributed by atoms with Gasteiger partial charge in [0.25, 0.3) is 0 Å². The van der Waals surface area contributed by atoms with Gasteiger partial charge in [-0.25, -0.2) is 0 Å². The lowest BCUT2D eigenvalue weighted by Crippen LogP contribution is -2.23. The van der Waals surface area contributed by atoms with Crippen LogP contribution in [-0.2, 0) is 6.54 Å². The zero-order valence-electron chi connectivity index (χ0n) is 11.8. The fourth-order valence-corrected chi connectivity index (χ4v) is 2.88. The molecule has 0 radical (unpaired) electrons. The Morgan fingerprint density at radius 2 is 2.26 bits per heavy atom. The van der Waals surface area contributed by atoms with Crippen molar-refractivity contribution in [3.63, 3.8) is 0 Å². The monoisotopic (exact) mass is 258 g/mol. The Balaban J connectivity index is 1.88. The molecule has 1 fully saturated rings. The molecule has 0 saturated heterocycles. The van der Waals surface area contributed by atoms with Gasteiger partial charge < -0.3 is 10.1 Å². The summed E-state index contributed by atoms with van der Waals surface area (Å²) in [6.07, 6.45) is 4.09. The SMILES string of the molecule is COc1ccc(CNCC2CCCC2C)cc1C#N. The van der Waals surface area contributed by atoms with E-state index in [9.17, 15) is 0 Å². The molecule has 1 aliphatic rings. The summed E-state index contributed by atoms with van der Waals surface area (Å²) in [5.74, 6) is 2.31. The Labute approximate surface area is 115 Å². The molecule has 1 aromatic rings. The van der Waals surface area contributed by atoms with E-state index in [1.165, 1.54) is 19.3 Å². The van der Waals surface area contributed by atoms with Gasteiger partial charge in [-0.15, -0.1) is 0 Å². The van der Waals surface area contributed by atoms with Crippen molar-refractivity contribution in [2.24, 2.45) is 11.8 Å². The van der Waals surface area contributed by atoms with E-state index in [1.54, 1.807) is 7.11 Å². The van der Waals surface area contributed by atoms with Crippen molar-refractivity contribution >= 4 is 0 Å². The van der Waals surface area contributed by atoms with Crippen molar-refractivity contribution in [2.75, 3.05) is 13.7 Å². The minimum absolute atomic E-state index is 0.607. The average molecular weight is 258 g/mol. The Kier molecular flexibility index (Phi) is 4.81. The van der Waals surface area contributed by atoms with Crippen LogP contribution in [0.4, 0.5) is 0 Å². The molecule has 2 unspecified atom stereocenters. The van der Waals surface area contributed by atoms with Gasteiger partial charge in [-0.2, -0.15) is 5.26 Å². The van der Waals surface area contributed by atoms with Crippen LogP contribution in [0.1, 0.15) is 37.3 Å². The van der Waals surface area contributed by atoms with Gasteiger partial charge in [0.05, 0.1) is 12.7 Å². The second kappa shape index (κ2) is 6.58. The number of nitriles is 1. The van der Waals surface area contributed by atoms with Crippen LogP contribution in [-0.4, -0.2) is 13.7 Å². The van der Waals surface area contributed by atoms with E-state index >= 15 is 0 Å². The van der Waals surface area contributed by atoms with E-state index in [0.717, 1.165) is 30.5 Å². The molecular formula is C16H22N2O. The molecule has 3 heteroatoms. The third-order valence-corrected chi connectivity index (χ3v) is 4.16. The number of methoxy groups -OCH3 is 1. The van der Waals surface area contributed by atoms with Crippen LogP contribution >= 0.6 is 0 Å². The summed E-state index contributed by atoms with van der Waals surface area (Å²) in [5, 5.41) is 12.6. The lowest BCUT2D eigenvalue weighted by atomic mass is 9.98. The zero-order valence-corrected chi connectivity index (χ0v) is 11.8. The van der Waals surface area contributed by atoms with Crippen molar-refractivity contribution in [1.82, 2.24) is 5.32 Å². The number of hydrogen-bond acceptors (Lipinski definition) is 3. The standard InChI is InChI=1S/C16H22N2O/c1-12-4-3-5-14(12)11-18-10-13-6-7-16(19-2)15(8-13)9-17/h6-8,12,14,18H,3-5,10-11H2,1-2H3. The minimum atomic E-state index is 0.607. The molecule has 1 aliphatic carbocycles. The van der Waals surface area contributed by atoms with Gasteiger partial charge in [0, 0.05) is 6.54 Å². The molecule has 0 bridgehead atoms. The number of ether oxygens (including phenoxy) is 1. The van der Waals surface area contributed by atoms with Crippen LogP contribution in [0.15, 0.2) is 18.2 Å². The Bertz CT molecular complexity index is 464. The molecule has 1 N–H and O–H groups in total. The quantitative estimate of drug-likeness (QED) is 0.882. The van der Waals surface area contributed by atoms with Crippen LogP contribution in [0.25, 0.3) is 0 Å². The zero-order chi connectivity index (χ0) is 13.7. The van der Waals surface area contributed by atoms with E-state index in [-0.39, 0.29) is 0 Å². The third-order valence-electron chi connectivity index (χ3n) is 4.16. The molecule has 2 rings (SSSR count). The van der Waals surface area contributed by atoms with Gasteiger partial charge in [-0.05, 0) is 42.5 Å². The third kappa shape index (κ3) is 3.48. The molecule has 19 heavy (non-hydrogen) atoms. The van der Waals surface area contributed by atoms with Crippen molar-refractivity contribution in [3.8, 4) is 11.8 Å². The number of benzene rings is 1. The number of nitrogens with zero attached hydrogens (tertiary/aromatic N) is 1. The summed E-state index contributed by atoms with van der Waals surface area (Å²) >= 11 is 0. The van der Waals surface area contributed by atoms with Gasteiger partial charge in [0.1, 0.15) is 11.8 Å². The van der Waals surface area contributed by atoms with Crippen molar-refractivity contribution in [3.05, 3.63) is 29.3 Å². The van der Waals surface area contributed by atoms with Crippen molar-refractivity contribution in [2.45, 2.75) is 32.7 Å². The van der Waals surface area contributed by atoms with Gasteiger partial charge in [-0.1, -0.05) is 25.8 Å². The molecular weight excluding hydrogens is 236 g/mol. The summed E-state index contributed by atoms with van der Waals surface area (Å²) in [4.78, 5) is 0. The first-order valence-electron chi connectivity index (χ1n) is 7.02. The molecule has 1 aromatic carbocycles. The summed E-state index contributed by atoms with van der Waals surface area (Å²) in [6.45, 7) is 4.25. The maximum atomic E-state index is 9.06. The fraction of sp³-hybridized carbons (Fsp3) is 0.562. The largest absolute Gasteiger partial charge is 0.495 e. The Hall–Kier alpha value is -1.53. The van der Waals surface area contributed by atoms with E-state index in [1.807, 2.05) is 18.2 Å². The molecule has 102 valence electrons. The molecule has 0 amide bonds. The predicted octanol–water partition coefficient (Wildman–Crippen LogP) is 3.09. The minimum Gasteiger partial charge on any atom is -0.495 e. The smallest absolute Gasteiger partial charge is 0.136 e. The molecule has 0 spiro atoms. The first-order chi connectivity index (χ1) is 9.24. The van der Waals surface area contributed by atoms with E-state index < -0.39 is 0 Å². The number of nitrogens with one attached hydrogen (secondary N) is 1. The second-order valence-corrected chi connectivity index (χ2v) is 5.45. The molecule has 2 atom stereocenters. The molecule has 0 aromatic heterocycles. The Morgan fingerprint density at radius 1 is 1.42 bits per heavy atom. The highest BCUT2D eigenvalue weighted by Gasteiger charge is 2.22. The highest BCUT2D eigenvalue weighted by Crippen LogP contribution is 2.30. The van der Waals surface area contributed by atoms with E-state index in [0.29, 0.717) is 11.3 Å². The lowest BCUT2D eigenvalue weighted by molar-refractivity contribution is 0.391. The summed E-state index contributed by atoms with van der Waals surface area (Å²) in [5.41, 5.74) is 1.75. The molecule has 0 aliphatic heterocycles. The first-order valence-corrected chi connectivity index (χ1v) is 7.02. The highest BCUT2D eigenvalue weighted by molar-refractivity contribution is 5.45. The van der Waals surface area contributed by atoms with Crippen LogP contribution in [0.5, 0.6) is 5.75 Å². The normalized spacial score (nSPS) is 22.2.